The van der Waals surface area contributed by atoms with Crippen molar-refractivity contribution in [2.24, 2.45) is 5.73 Å². The number of amides is 1. The quantitative estimate of drug-likeness (QED) is 0.572. The third-order valence-electron chi connectivity index (χ3n) is 5.53. The van der Waals surface area contributed by atoms with Crippen LogP contribution in [-0.4, -0.2) is 23.7 Å². The van der Waals surface area contributed by atoms with Gasteiger partial charge in [-0.2, -0.15) is 0 Å². The van der Waals surface area contributed by atoms with Gasteiger partial charge in [0.05, 0.1) is 0 Å². The maximum absolute atomic E-state index is 13.0. The van der Waals surface area contributed by atoms with E-state index in [-0.39, 0.29) is 11.7 Å². The Balaban J connectivity index is 1.51. The summed E-state index contributed by atoms with van der Waals surface area (Å²) in [5, 5.41) is 0. The second-order valence-corrected chi connectivity index (χ2v) is 7.92. The highest BCUT2D eigenvalue weighted by Gasteiger charge is 2.31. The summed E-state index contributed by atoms with van der Waals surface area (Å²) >= 11 is 0. The predicted octanol–water partition coefficient (Wildman–Crippen LogP) is 5.22. The largest absolute Gasteiger partial charge is 0.573 e. The molecule has 1 aliphatic heterocycles. The lowest BCUT2D eigenvalue weighted by atomic mass is 9.95. The molecule has 0 spiro atoms. The number of benzene rings is 3. The first-order valence-corrected chi connectivity index (χ1v) is 10.3. The molecule has 0 bridgehead atoms. The third kappa shape index (κ3) is 4.78. The van der Waals surface area contributed by atoms with Crippen molar-refractivity contribution in [3.63, 3.8) is 0 Å². The zero-order valence-corrected chi connectivity index (χ0v) is 17.6. The van der Waals surface area contributed by atoms with Crippen LogP contribution in [0, 0.1) is 6.92 Å². The first-order chi connectivity index (χ1) is 15.2. The number of fused-ring (bicyclic) bond motifs is 1. The lowest BCUT2D eigenvalue weighted by molar-refractivity contribution is -0.274. The minimum atomic E-state index is -4.73. The molecular formula is C25H23F3N2O2. The summed E-state index contributed by atoms with van der Waals surface area (Å²) in [7, 11) is 0. The SMILES string of the molecule is Cc1cc(-c2ccc(CCN)cc2)cc2c1C(=O)N(Cc1ccc(OC(F)(F)F)cc1)C2. The molecule has 166 valence electrons. The van der Waals surface area contributed by atoms with Crippen LogP contribution in [0.5, 0.6) is 5.75 Å². The van der Waals surface area contributed by atoms with Gasteiger partial charge < -0.3 is 15.4 Å². The molecule has 0 saturated heterocycles. The number of aryl methyl sites for hydroxylation is 1. The van der Waals surface area contributed by atoms with E-state index in [0.717, 1.165) is 34.2 Å². The highest BCUT2D eigenvalue weighted by Crippen LogP contribution is 2.33. The fourth-order valence-electron chi connectivity index (χ4n) is 4.07. The zero-order valence-electron chi connectivity index (χ0n) is 17.6. The van der Waals surface area contributed by atoms with Gasteiger partial charge in [-0.1, -0.05) is 42.5 Å². The number of hydrogen-bond donors (Lipinski definition) is 1. The van der Waals surface area contributed by atoms with E-state index in [1.165, 1.54) is 17.7 Å². The maximum Gasteiger partial charge on any atom is 0.573 e. The molecule has 0 atom stereocenters. The number of alkyl halides is 3. The minimum absolute atomic E-state index is 0.0713. The lowest BCUT2D eigenvalue weighted by Gasteiger charge is -2.16. The van der Waals surface area contributed by atoms with Gasteiger partial charge in [-0.25, -0.2) is 0 Å². The molecule has 1 heterocycles. The predicted molar refractivity (Wildman–Crippen MR) is 116 cm³/mol. The molecule has 1 amide bonds. The van der Waals surface area contributed by atoms with Crippen LogP contribution in [0.4, 0.5) is 13.2 Å². The number of nitrogens with zero attached hydrogens (tertiary/aromatic N) is 1. The summed E-state index contributed by atoms with van der Waals surface area (Å²) in [6.07, 6.45) is -3.90. The highest BCUT2D eigenvalue weighted by atomic mass is 19.4. The van der Waals surface area contributed by atoms with Gasteiger partial charge in [-0.15, -0.1) is 13.2 Å². The monoisotopic (exact) mass is 440 g/mol. The molecule has 0 saturated carbocycles. The van der Waals surface area contributed by atoms with Crippen molar-refractivity contribution in [1.29, 1.82) is 0 Å². The number of nitrogens with two attached hydrogens (primary N) is 1. The van der Waals surface area contributed by atoms with Crippen molar-refractivity contribution < 1.29 is 22.7 Å². The Kier molecular flexibility index (Phi) is 5.93. The number of halogens is 3. The molecule has 0 fully saturated rings. The van der Waals surface area contributed by atoms with E-state index in [9.17, 15) is 18.0 Å². The van der Waals surface area contributed by atoms with Crippen LogP contribution in [0.15, 0.2) is 60.7 Å². The van der Waals surface area contributed by atoms with Crippen LogP contribution in [0.2, 0.25) is 0 Å². The van der Waals surface area contributed by atoms with Gasteiger partial charge in [0.1, 0.15) is 5.75 Å². The second kappa shape index (κ2) is 8.67. The number of rotatable bonds is 6. The van der Waals surface area contributed by atoms with E-state index in [4.69, 9.17) is 5.73 Å². The molecule has 0 aliphatic carbocycles. The van der Waals surface area contributed by atoms with Gasteiger partial charge in [-0.05, 0) is 71.5 Å². The fraction of sp³-hybridized carbons (Fsp3) is 0.240. The van der Waals surface area contributed by atoms with E-state index < -0.39 is 6.36 Å². The van der Waals surface area contributed by atoms with E-state index >= 15 is 0 Å². The smallest absolute Gasteiger partial charge is 0.406 e. The molecule has 0 aromatic heterocycles. The molecule has 7 heteroatoms. The van der Waals surface area contributed by atoms with Crippen molar-refractivity contribution in [2.45, 2.75) is 32.8 Å². The van der Waals surface area contributed by atoms with Crippen LogP contribution >= 0.6 is 0 Å². The van der Waals surface area contributed by atoms with Gasteiger partial charge in [0.15, 0.2) is 0 Å². The average Bonchev–Trinajstić information content (AvgIpc) is 3.05. The number of ether oxygens (including phenoxy) is 1. The van der Waals surface area contributed by atoms with Gasteiger partial charge in [0, 0.05) is 18.7 Å². The van der Waals surface area contributed by atoms with Crippen molar-refractivity contribution in [3.8, 4) is 16.9 Å². The first kappa shape index (κ1) is 21.9. The van der Waals surface area contributed by atoms with Crippen LogP contribution in [0.3, 0.4) is 0 Å². The normalized spacial score (nSPS) is 13.4. The summed E-state index contributed by atoms with van der Waals surface area (Å²) in [5.74, 6) is -0.354. The first-order valence-electron chi connectivity index (χ1n) is 10.3. The number of hydrogen-bond acceptors (Lipinski definition) is 3. The maximum atomic E-state index is 13.0. The molecule has 3 aromatic carbocycles. The van der Waals surface area contributed by atoms with E-state index in [0.29, 0.717) is 25.2 Å². The van der Waals surface area contributed by atoms with E-state index in [1.54, 1.807) is 17.0 Å². The molecule has 0 radical (unpaired) electrons. The van der Waals surface area contributed by atoms with Gasteiger partial charge in [0.2, 0.25) is 0 Å². The summed E-state index contributed by atoms with van der Waals surface area (Å²) < 4.78 is 40.9. The van der Waals surface area contributed by atoms with Crippen LogP contribution in [-0.2, 0) is 19.5 Å². The van der Waals surface area contributed by atoms with E-state index in [2.05, 4.69) is 29.0 Å². The zero-order chi connectivity index (χ0) is 22.9. The van der Waals surface area contributed by atoms with E-state index in [1.807, 2.05) is 19.1 Å². The summed E-state index contributed by atoms with van der Waals surface area (Å²) in [5.41, 5.74) is 12.2. The fourth-order valence-corrected chi connectivity index (χ4v) is 4.07. The Hall–Kier alpha value is -3.32. The average molecular weight is 440 g/mol. The standard InChI is InChI=1S/C25H23F3N2O2/c1-16-12-20(19-6-2-17(3-7-19)10-11-29)13-21-15-30(24(31)23(16)21)14-18-4-8-22(9-5-18)32-25(26,27)28/h2-9,12-13H,10-11,14-15,29H2,1H3. The Morgan fingerprint density at radius 3 is 2.25 bits per heavy atom. The molecule has 32 heavy (non-hydrogen) atoms. The molecule has 4 rings (SSSR count). The molecule has 3 aromatic rings. The molecule has 1 aliphatic rings. The summed E-state index contributed by atoms with van der Waals surface area (Å²) in [6.45, 7) is 3.29. The molecule has 0 unspecified atom stereocenters. The lowest BCUT2D eigenvalue weighted by Crippen LogP contribution is -2.23. The van der Waals surface area contributed by atoms with Crippen molar-refractivity contribution in [3.05, 3.63) is 88.5 Å². The Morgan fingerprint density at radius 1 is 0.969 bits per heavy atom. The van der Waals surface area contributed by atoms with Gasteiger partial charge in [-0.3, -0.25) is 4.79 Å². The number of carbonyl (C=O) groups excluding carboxylic acids is 1. The Labute approximate surface area is 184 Å². The minimum Gasteiger partial charge on any atom is -0.406 e. The molecular weight excluding hydrogens is 417 g/mol. The highest BCUT2D eigenvalue weighted by molar-refractivity contribution is 6.00. The van der Waals surface area contributed by atoms with Crippen LogP contribution < -0.4 is 10.5 Å². The topological polar surface area (TPSA) is 55.6 Å². The second-order valence-electron chi connectivity index (χ2n) is 7.92. The van der Waals surface area contributed by atoms with Gasteiger partial charge >= 0.3 is 6.36 Å². The summed E-state index contributed by atoms with van der Waals surface area (Å²) in [6, 6.07) is 17.9. The third-order valence-corrected chi connectivity index (χ3v) is 5.53. The Morgan fingerprint density at radius 2 is 1.62 bits per heavy atom. The number of carbonyl (C=O) groups is 1. The van der Waals surface area contributed by atoms with Crippen LogP contribution in [0.1, 0.15) is 32.6 Å². The molecule has 4 nitrogen and oxygen atoms in total. The molecule has 2 N–H and O–H groups in total. The van der Waals surface area contributed by atoms with Crippen molar-refractivity contribution >= 4 is 5.91 Å². The van der Waals surface area contributed by atoms with Crippen molar-refractivity contribution in [1.82, 2.24) is 4.90 Å². The van der Waals surface area contributed by atoms with Crippen LogP contribution in [0.25, 0.3) is 11.1 Å². The summed E-state index contributed by atoms with van der Waals surface area (Å²) in [4.78, 5) is 14.7. The van der Waals surface area contributed by atoms with Crippen molar-refractivity contribution in [2.75, 3.05) is 6.54 Å². The Bertz CT molecular complexity index is 1120. The van der Waals surface area contributed by atoms with Gasteiger partial charge in [0.25, 0.3) is 5.91 Å².